The minimum Gasteiger partial charge on any atom is -0.369 e. The zero-order valence-corrected chi connectivity index (χ0v) is 14.7. The van der Waals surface area contributed by atoms with Gasteiger partial charge in [-0.1, -0.05) is 20.8 Å². The first-order valence-corrected chi connectivity index (χ1v) is 8.97. The minimum atomic E-state index is -3.59. The first-order valence-electron chi connectivity index (χ1n) is 6.69. The summed E-state index contributed by atoms with van der Waals surface area (Å²) in [6.07, 6.45) is 2.48. The molecule has 0 aliphatic rings. The van der Waals surface area contributed by atoms with Crippen LogP contribution in [0.15, 0.2) is 21.6 Å². The van der Waals surface area contributed by atoms with E-state index in [1.807, 2.05) is 27.7 Å². The molecule has 0 amide bonds. The number of hydrogen-bond acceptors (Lipinski definition) is 4. The average Bonchev–Trinajstić information content (AvgIpc) is 2.36. The van der Waals surface area contributed by atoms with Crippen LogP contribution in [0.3, 0.4) is 0 Å². The van der Waals surface area contributed by atoms with Crippen LogP contribution in [0, 0.1) is 5.92 Å². The van der Waals surface area contributed by atoms with E-state index in [0.29, 0.717) is 16.8 Å². The van der Waals surface area contributed by atoms with E-state index in [1.54, 1.807) is 12.3 Å². The summed E-state index contributed by atoms with van der Waals surface area (Å²) in [4.78, 5) is 4.33. The Bertz CT molecular complexity index is 547. The standard InChI is InChI=1S/C13H22BrN3O2S/c1-5-6-15-13-12(7-11(14)8-16-13)20(18,19)17-10(4)9(2)3/h7-10,17H,5-6H2,1-4H3,(H,15,16). The third kappa shape index (κ3) is 4.71. The van der Waals surface area contributed by atoms with Gasteiger partial charge in [-0.25, -0.2) is 18.1 Å². The highest BCUT2D eigenvalue weighted by molar-refractivity contribution is 9.10. The molecule has 7 heteroatoms. The summed E-state index contributed by atoms with van der Waals surface area (Å²) in [7, 11) is -3.59. The van der Waals surface area contributed by atoms with E-state index in [1.165, 1.54) is 0 Å². The second-order valence-corrected chi connectivity index (χ2v) is 7.68. The highest BCUT2D eigenvalue weighted by Gasteiger charge is 2.23. The van der Waals surface area contributed by atoms with Gasteiger partial charge in [0.15, 0.2) is 0 Å². The third-order valence-corrected chi connectivity index (χ3v) is 5.00. The number of halogens is 1. The number of nitrogens with zero attached hydrogens (tertiary/aromatic N) is 1. The fourth-order valence-electron chi connectivity index (χ4n) is 1.45. The topological polar surface area (TPSA) is 71.1 Å². The van der Waals surface area contributed by atoms with E-state index in [2.05, 4.69) is 31.0 Å². The molecule has 0 bridgehead atoms. The molecule has 0 saturated heterocycles. The summed E-state index contributed by atoms with van der Waals surface area (Å²) in [5.74, 6) is 0.607. The molecule has 0 radical (unpaired) electrons. The number of pyridine rings is 1. The summed E-state index contributed by atoms with van der Waals surface area (Å²) in [6, 6.07) is 1.43. The van der Waals surface area contributed by atoms with Crippen molar-refractivity contribution < 1.29 is 8.42 Å². The molecule has 1 atom stereocenters. The lowest BCUT2D eigenvalue weighted by Gasteiger charge is -2.19. The lowest BCUT2D eigenvalue weighted by molar-refractivity contribution is 0.476. The second-order valence-electron chi connectivity index (χ2n) is 5.08. The van der Waals surface area contributed by atoms with Gasteiger partial charge in [0, 0.05) is 23.3 Å². The monoisotopic (exact) mass is 363 g/mol. The fourth-order valence-corrected chi connectivity index (χ4v) is 3.48. The molecule has 1 heterocycles. The molecule has 0 fully saturated rings. The van der Waals surface area contributed by atoms with Gasteiger partial charge in [-0.15, -0.1) is 0 Å². The van der Waals surface area contributed by atoms with Crippen LogP contribution >= 0.6 is 15.9 Å². The van der Waals surface area contributed by atoms with Crippen LogP contribution in [-0.4, -0.2) is 26.0 Å². The fraction of sp³-hybridized carbons (Fsp3) is 0.615. The predicted octanol–water partition coefficient (Wildman–Crippen LogP) is 2.99. The van der Waals surface area contributed by atoms with Crippen molar-refractivity contribution in [1.29, 1.82) is 0 Å². The van der Waals surface area contributed by atoms with Gasteiger partial charge >= 0.3 is 0 Å². The Morgan fingerprint density at radius 2 is 2.00 bits per heavy atom. The molecular weight excluding hydrogens is 342 g/mol. The van der Waals surface area contributed by atoms with Crippen LogP contribution in [0.2, 0.25) is 0 Å². The average molecular weight is 364 g/mol. The van der Waals surface area contributed by atoms with Crippen molar-refractivity contribution in [3.05, 3.63) is 16.7 Å². The minimum absolute atomic E-state index is 0.141. The molecule has 0 aromatic carbocycles. The highest BCUT2D eigenvalue weighted by Crippen LogP contribution is 2.23. The number of nitrogens with one attached hydrogen (secondary N) is 2. The quantitative estimate of drug-likeness (QED) is 0.780. The highest BCUT2D eigenvalue weighted by atomic mass is 79.9. The number of anilines is 1. The predicted molar refractivity (Wildman–Crippen MR) is 85.3 cm³/mol. The normalized spacial score (nSPS) is 13.5. The van der Waals surface area contributed by atoms with Gasteiger partial charge in [0.2, 0.25) is 10.0 Å². The molecular formula is C13H22BrN3O2S. The van der Waals surface area contributed by atoms with Gasteiger partial charge < -0.3 is 5.32 Å². The molecule has 0 aliphatic carbocycles. The smallest absolute Gasteiger partial charge is 0.244 e. The van der Waals surface area contributed by atoms with Crippen LogP contribution < -0.4 is 10.0 Å². The van der Waals surface area contributed by atoms with E-state index in [0.717, 1.165) is 6.42 Å². The van der Waals surface area contributed by atoms with Gasteiger partial charge in [0.1, 0.15) is 10.7 Å². The molecule has 2 N–H and O–H groups in total. The summed E-state index contributed by atoms with van der Waals surface area (Å²) in [6.45, 7) is 8.49. The largest absolute Gasteiger partial charge is 0.369 e. The van der Waals surface area contributed by atoms with Crippen LogP contribution in [0.1, 0.15) is 34.1 Å². The maximum Gasteiger partial charge on any atom is 0.244 e. The number of aromatic nitrogens is 1. The zero-order valence-electron chi connectivity index (χ0n) is 12.3. The van der Waals surface area contributed by atoms with Crippen LogP contribution in [0.25, 0.3) is 0 Å². The Labute approximate surface area is 129 Å². The van der Waals surface area contributed by atoms with E-state index in [-0.39, 0.29) is 16.9 Å². The van der Waals surface area contributed by atoms with Crippen LogP contribution in [0.4, 0.5) is 5.82 Å². The van der Waals surface area contributed by atoms with E-state index < -0.39 is 10.0 Å². The van der Waals surface area contributed by atoms with Crippen molar-refractivity contribution in [1.82, 2.24) is 9.71 Å². The zero-order chi connectivity index (χ0) is 15.3. The lowest BCUT2D eigenvalue weighted by Crippen LogP contribution is -2.36. The number of sulfonamides is 1. The van der Waals surface area contributed by atoms with Crippen molar-refractivity contribution in [3.8, 4) is 0 Å². The maximum atomic E-state index is 12.5. The molecule has 0 saturated carbocycles. The van der Waals surface area contributed by atoms with Gasteiger partial charge in [0.05, 0.1) is 0 Å². The van der Waals surface area contributed by atoms with E-state index in [4.69, 9.17) is 0 Å². The van der Waals surface area contributed by atoms with E-state index in [9.17, 15) is 8.42 Å². The first-order chi connectivity index (χ1) is 9.27. The van der Waals surface area contributed by atoms with Crippen molar-refractivity contribution in [2.24, 2.45) is 5.92 Å². The number of rotatable bonds is 7. The molecule has 5 nitrogen and oxygen atoms in total. The summed E-state index contributed by atoms with van der Waals surface area (Å²) >= 11 is 3.27. The molecule has 0 aliphatic heterocycles. The van der Waals surface area contributed by atoms with E-state index >= 15 is 0 Å². The Hall–Kier alpha value is -0.660. The van der Waals surface area contributed by atoms with Crippen LogP contribution in [0.5, 0.6) is 0 Å². The molecule has 1 unspecified atom stereocenters. The second kappa shape index (κ2) is 7.38. The van der Waals surface area contributed by atoms with Gasteiger partial charge in [0.25, 0.3) is 0 Å². The Morgan fingerprint density at radius 3 is 2.55 bits per heavy atom. The summed E-state index contributed by atoms with van der Waals surface area (Å²) < 4.78 is 28.3. The number of hydrogen-bond donors (Lipinski definition) is 2. The summed E-state index contributed by atoms with van der Waals surface area (Å²) in [5, 5.41) is 3.05. The molecule has 0 spiro atoms. The Kier molecular flexibility index (Phi) is 6.42. The van der Waals surface area contributed by atoms with Crippen LogP contribution in [-0.2, 0) is 10.0 Å². The van der Waals surface area contributed by atoms with Gasteiger partial charge in [-0.05, 0) is 41.3 Å². The van der Waals surface area contributed by atoms with Crippen molar-refractivity contribution in [2.75, 3.05) is 11.9 Å². The molecule has 1 aromatic rings. The molecule has 20 heavy (non-hydrogen) atoms. The Balaban J connectivity index is 3.12. The molecule has 114 valence electrons. The molecule has 1 rings (SSSR count). The first kappa shape index (κ1) is 17.4. The van der Waals surface area contributed by atoms with Crippen molar-refractivity contribution in [3.63, 3.8) is 0 Å². The SMILES string of the molecule is CCCNc1ncc(Br)cc1S(=O)(=O)NC(C)C(C)C. The molecule has 1 aromatic heterocycles. The lowest BCUT2D eigenvalue weighted by atomic mass is 10.1. The van der Waals surface area contributed by atoms with Gasteiger partial charge in [-0.2, -0.15) is 0 Å². The Morgan fingerprint density at radius 1 is 1.35 bits per heavy atom. The summed E-state index contributed by atoms with van der Waals surface area (Å²) in [5.41, 5.74) is 0. The van der Waals surface area contributed by atoms with Gasteiger partial charge in [-0.3, -0.25) is 0 Å². The third-order valence-electron chi connectivity index (χ3n) is 2.99. The van der Waals surface area contributed by atoms with Crippen molar-refractivity contribution >= 4 is 31.8 Å². The maximum absolute atomic E-state index is 12.5. The van der Waals surface area contributed by atoms with Crippen molar-refractivity contribution in [2.45, 2.75) is 45.1 Å².